The molecule has 0 unspecified atom stereocenters. The lowest BCUT2D eigenvalue weighted by Crippen LogP contribution is -2.15. The zero-order chi connectivity index (χ0) is 14.5. The van der Waals surface area contributed by atoms with Gasteiger partial charge in [-0.15, -0.1) is 5.10 Å². The fraction of sp³-hybridized carbons (Fsp3) is 0.273. The topological polar surface area (TPSA) is 113 Å². The Bertz CT molecular complexity index is 639. The summed E-state index contributed by atoms with van der Waals surface area (Å²) < 4.78 is 5.97. The van der Waals surface area contributed by atoms with Crippen molar-refractivity contribution in [3.05, 3.63) is 45.8 Å². The van der Waals surface area contributed by atoms with Crippen LogP contribution in [0.2, 0.25) is 0 Å². The number of carbonyl (C=O) groups is 1. The van der Waals surface area contributed by atoms with Gasteiger partial charge in [0.15, 0.2) is 0 Å². The summed E-state index contributed by atoms with van der Waals surface area (Å²) >= 11 is 0. The molecule has 0 radical (unpaired) electrons. The number of para-hydroxylation sites is 1. The van der Waals surface area contributed by atoms with Crippen molar-refractivity contribution in [3.8, 4) is 0 Å². The second-order valence-corrected chi connectivity index (χ2v) is 3.77. The Hall–Kier alpha value is -2.84. The van der Waals surface area contributed by atoms with Crippen molar-refractivity contribution in [2.75, 3.05) is 6.61 Å². The average molecular weight is 277 g/mol. The number of nitro groups is 1. The van der Waals surface area contributed by atoms with E-state index in [0.717, 1.165) is 0 Å². The molecule has 104 valence electrons. The average Bonchev–Trinajstić information content (AvgIpc) is 2.87. The number of nitrogens with zero attached hydrogens (tertiary/aromatic N) is 5. The maximum Gasteiger partial charge on any atom is 0.378 e. The van der Waals surface area contributed by atoms with Crippen LogP contribution in [0.1, 0.15) is 23.1 Å². The molecular formula is C11H11N5O4. The Balaban J connectivity index is 2.30. The van der Waals surface area contributed by atoms with Crippen molar-refractivity contribution >= 4 is 11.7 Å². The second-order valence-electron chi connectivity index (χ2n) is 3.77. The van der Waals surface area contributed by atoms with E-state index < -0.39 is 10.9 Å². The minimum Gasteiger partial charge on any atom is -0.460 e. The fourth-order valence-corrected chi connectivity index (χ4v) is 1.64. The van der Waals surface area contributed by atoms with Crippen molar-refractivity contribution < 1.29 is 14.5 Å². The van der Waals surface area contributed by atoms with E-state index >= 15 is 0 Å². The Labute approximate surface area is 113 Å². The highest BCUT2D eigenvalue weighted by molar-refractivity contribution is 5.85. The van der Waals surface area contributed by atoms with Gasteiger partial charge in [0, 0.05) is 6.07 Å². The van der Waals surface area contributed by atoms with Gasteiger partial charge in [0.05, 0.1) is 23.6 Å². The number of ether oxygens (including phenoxy) is 1. The van der Waals surface area contributed by atoms with Crippen molar-refractivity contribution in [2.24, 2.45) is 0 Å². The smallest absolute Gasteiger partial charge is 0.378 e. The SMILES string of the molecule is CCOC(=O)c1nnnn1Cc1ccccc1[N+](=O)[O-]. The lowest BCUT2D eigenvalue weighted by atomic mass is 10.2. The third kappa shape index (κ3) is 2.76. The van der Waals surface area contributed by atoms with Gasteiger partial charge in [0.1, 0.15) is 0 Å². The maximum atomic E-state index is 11.6. The molecule has 0 aliphatic rings. The molecule has 0 aliphatic carbocycles. The van der Waals surface area contributed by atoms with E-state index in [4.69, 9.17) is 4.74 Å². The molecule has 0 bridgehead atoms. The number of tetrazole rings is 1. The molecule has 2 aromatic rings. The Morgan fingerprint density at radius 2 is 2.20 bits per heavy atom. The number of benzene rings is 1. The second kappa shape index (κ2) is 5.87. The molecule has 1 aromatic carbocycles. The summed E-state index contributed by atoms with van der Waals surface area (Å²) in [5.74, 6) is -0.763. The summed E-state index contributed by atoms with van der Waals surface area (Å²) in [5, 5.41) is 21.5. The molecular weight excluding hydrogens is 266 g/mol. The normalized spacial score (nSPS) is 10.2. The Morgan fingerprint density at radius 3 is 2.90 bits per heavy atom. The largest absolute Gasteiger partial charge is 0.460 e. The summed E-state index contributed by atoms with van der Waals surface area (Å²) in [7, 11) is 0. The highest BCUT2D eigenvalue weighted by atomic mass is 16.6. The van der Waals surface area contributed by atoms with Gasteiger partial charge in [-0.3, -0.25) is 10.1 Å². The van der Waals surface area contributed by atoms with Crippen molar-refractivity contribution in [1.29, 1.82) is 0 Å². The predicted octanol–water partition coefficient (Wildman–Crippen LogP) is 0.806. The summed E-state index contributed by atoms with van der Waals surface area (Å²) in [6.45, 7) is 1.86. The van der Waals surface area contributed by atoms with Crippen LogP contribution >= 0.6 is 0 Å². The molecule has 2 rings (SSSR count). The first-order chi connectivity index (χ1) is 9.63. The van der Waals surface area contributed by atoms with Crippen LogP contribution in [0.15, 0.2) is 24.3 Å². The number of nitro benzene ring substituents is 1. The van der Waals surface area contributed by atoms with Gasteiger partial charge in [0.25, 0.3) is 11.5 Å². The lowest BCUT2D eigenvalue weighted by molar-refractivity contribution is -0.385. The third-order valence-electron chi connectivity index (χ3n) is 2.50. The molecule has 9 nitrogen and oxygen atoms in total. The number of hydrogen-bond donors (Lipinski definition) is 0. The molecule has 0 amide bonds. The number of esters is 1. The van der Waals surface area contributed by atoms with Crippen LogP contribution in [0.3, 0.4) is 0 Å². The van der Waals surface area contributed by atoms with Crippen LogP contribution in [0, 0.1) is 10.1 Å². The highest BCUT2D eigenvalue weighted by Crippen LogP contribution is 2.18. The number of hydrogen-bond acceptors (Lipinski definition) is 7. The van der Waals surface area contributed by atoms with Gasteiger partial charge in [-0.2, -0.15) is 0 Å². The van der Waals surface area contributed by atoms with E-state index in [-0.39, 0.29) is 24.7 Å². The van der Waals surface area contributed by atoms with Crippen LogP contribution in [-0.2, 0) is 11.3 Å². The zero-order valence-electron chi connectivity index (χ0n) is 10.6. The lowest BCUT2D eigenvalue weighted by Gasteiger charge is -2.05. The first-order valence-corrected chi connectivity index (χ1v) is 5.79. The molecule has 20 heavy (non-hydrogen) atoms. The number of aromatic nitrogens is 4. The van der Waals surface area contributed by atoms with E-state index in [2.05, 4.69) is 15.5 Å². The predicted molar refractivity (Wildman–Crippen MR) is 66.0 cm³/mol. The zero-order valence-corrected chi connectivity index (χ0v) is 10.6. The quantitative estimate of drug-likeness (QED) is 0.451. The molecule has 0 N–H and O–H groups in total. The van der Waals surface area contributed by atoms with Gasteiger partial charge >= 0.3 is 5.97 Å². The molecule has 9 heteroatoms. The van der Waals surface area contributed by atoms with Crippen LogP contribution in [0.4, 0.5) is 5.69 Å². The van der Waals surface area contributed by atoms with Crippen LogP contribution < -0.4 is 0 Å². The van der Waals surface area contributed by atoms with Gasteiger partial charge in [0.2, 0.25) is 0 Å². The van der Waals surface area contributed by atoms with Crippen molar-refractivity contribution in [2.45, 2.75) is 13.5 Å². The van der Waals surface area contributed by atoms with Gasteiger partial charge < -0.3 is 4.74 Å². The number of carbonyl (C=O) groups excluding carboxylic acids is 1. The van der Waals surface area contributed by atoms with E-state index in [9.17, 15) is 14.9 Å². The van der Waals surface area contributed by atoms with Crippen LogP contribution in [0.5, 0.6) is 0 Å². The van der Waals surface area contributed by atoms with Gasteiger partial charge in [-0.05, 0) is 17.4 Å². The summed E-state index contributed by atoms with van der Waals surface area (Å²) in [5.41, 5.74) is 0.341. The molecule has 0 fully saturated rings. The van der Waals surface area contributed by atoms with E-state index in [1.807, 2.05) is 0 Å². The molecule has 0 saturated carbocycles. The number of rotatable bonds is 5. The van der Waals surface area contributed by atoms with Gasteiger partial charge in [-0.1, -0.05) is 18.2 Å². The van der Waals surface area contributed by atoms with E-state index in [1.54, 1.807) is 25.1 Å². The standard InChI is InChI=1S/C11H11N5O4/c1-2-20-11(17)10-12-13-14-15(10)7-8-5-3-4-6-9(8)16(18)19/h3-6H,2,7H2,1H3. The van der Waals surface area contributed by atoms with E-state index in [0.29, 0.717) is 5.56 Å². The summed E-state index contributed by atoms with van der Waals surface area (Å²) in [4.78, 5) is 22.0. The highest BCUT2D eigenvalue weighted by Gasteiger charge is 2.20. The summed E-state index contributed by atoms with van der Waals surface area (Å²) in [6.07, 6.45) is 0. The molecule has 0 saturated heterocycles. The molecule has 0 spiro atoms. The third-order valence-corrected chi connectivity index (χ3v) is 2.50. The fourth-order valence-electron chi connectivity index (χ4n) is 1.64. The minimum absolute atomic E-state index is 0.0122. The van der Waals surface area contributed by atoms with E-state index in [1.165, 1.54) is 10.7 Å². The monoisotopic (exact) mass is 277 g/mol. The van der Waals surface area contributed by atoms with Crippen molar-refractivity contribution in [3.63, 3.8) is 0 Å². The molecule has 0 atom stereocenters. The van der Waals surface area contributed by atoms with Gasteiger partial charge in [-0.25, -0.2) is 9.48 Å². The van der Waals surface area contributed by atoms with Crippen molar-refractivity contribution in [1.82, 2.24) is 20.2 Å². The summed E-state index contributed by atoms with van der Waals surface area (Å²) in [6, 6.07) is 6.18. The first-order valence-electron chi connectivity index (χ1n) is 5.79. The Kier molecular flexibility index (Phi) is 3.99. The maximum absolute atomic E-state index is 11.6. The molecule has 1 heterocycles. The van der Waals surface area contributed by atoms with Crippen LogP contribution in [0.25, 0.3) is 0 Å². The first kappa shape index (κ1) is 13.6. The minimum atomic E-state index is -0.670. The molecule has 0 aliphatic heterocycles. The Morgan fingerprint density at radius 1 is 1.45 bits per heavy atom. The molecule has 1 aromatic heterocycles. The van der Waals surface area contributed by atoms with Crippen LogP contribution in [-0.4, -0.2) is 37.7 Å².